The van der Waals surface area contributed by atoms with Crippen molar-refractivity contribution in [2.45, 2.75) is 39.3 Å². The van der Waals surface area contributed by atoms with E-state index in [2.05, 4.69) is 14.9 Å². The van der Waals surface area contributed by atoms with Gasteiger partial charge in [0.1, 0.15) is 16.3 Å². The molecule has 124 valence electrons. The Labute approximate surface area is 145 Å². The first kappa shape index (κ1) is 16.6. The van der Waals surface area contributed by atoms with E-state index < -0.39 is 0 Å². The van der Waals surface area contributed by atoms with E-state index in [1.54, 1.807) is 11.3 Å². The number of likely N-dealkylation sites (N-methyl/N-ethyl adjacent to an activating group) is 1. The van der Waals surface area contributed by atoms with Crippen LogP contribution in [0, 0.1) is 0 Å². The molecule has 0 saturated carbocycles. The predicted octanol–water partition coefficient (Wildman–Crippen LogP) is 2.96. The second-order valence-corrected chi connectivity index (χ2v) is 8.37. The first-order valence-electron chi connectivity index (χ1n) is 7.67. The third kappa shape index (κ3) is 3.20. The second kappa shape index (κ2) is 6.00. The van der Waals surface area contributed by atoms with Gasteiger partial charge in [-0.25, -0.2) is 9.97 Å². The van der Waals surface area contributed by atoms with E-state index in [0.717, 1.165) is 29.7 Å². The number of rotatable bonds is 2. The van der Waals surface area contributed by atoms with Gasteiger partial charge >= 0.3 is 0 Å². The van der Waals surface area contributed by atoms with Gasteiger partial charge in [0.15, 0.2) is 0 Å². The van der Waals surface area contributed by atoms with Crippen molar-refractivity contribution in [3.05, 3.63) is 21.9 Å². The van der Waals surface area contributed by atoms with Gasteiger partial charge < -0.3 is 4.90 Å². The molecule has 0 unspecified atom stereocenters. The molecule has 1 amide bonds. The van der Waals surface area contributed by atoms with Crippen LogP contribution in [0.2, 0.25) is 5.15 Å². The number of halogens is 1. The Morgan fingerprint density at radius 3 is 2.87 bits per heavy atom. The zero-order chi connectivity index (χ0) is 16.8. The molecule has 0 spiro atoms. The number of nitrogens with zero attached hydrogens (tertiary/aromatic N) is 4. The van der Waals surface area contributed by atoms with Gasteiger partial charge in [0, 0.05) is 30.6 Å². The second-order valence-electron chi connectivity index (χ2n) is 6.93. The van der Waals surface area contributed by atoms with Crippen molar-refractivity contribution in [1.82, 2.24) is 19.8 Å². The number of carbonyl (C=O) groups excluding carboxylic acids is 1. The van der Waals surface area contributed by atoms with Crippen LogP contribution in [0.4, 0.5) is 0 Å². The molecule has 5 nitrogen and oxygen atoms in total. The molecular formula is C16H21ClN4OS. The summed E-state index contributed by atoms with van der Waals surface area (Å²) in [7, 11) is 1.87. The number of fused-ring (bicyclic) bond motifs is 3. The zero-order valence-electron chi connectivity index (χ0n) is 13.9. The molecule has 1 aliphatic heterocycles. The van der Waals surface area contributed by atoms with Crippen LogP contribution in [0.25, 0.3) is 10.2 Å². The maximum Gasteiger partial charge on any atom is 0.236 e. The fraction of sp³-hybridized carbons (Fsp3) is 0.562. The number of hydrogen-bond acceptors (Lipinski definition) is 5. The molecule has 3 heterocycles. The van der Waals surface area contributed by atoms with Crippen molar-refractivity contribution in [2.24, 2.45) is 0 Å². The molecular weight excluding hydrogens is 332 g/mol. The third-order valence-corrected chi connectivity index (χ3v) is 5.82. The van der Waals surface area contributed by atoms with Crippen LogP contribution in [-0.2, 0) is 17.8 Å². The monoisotopic (exact) mass is 352 g/mol. The highest BCUT2D eigenvalue weighted by Gasteiger charge is 2.27. The Hall–Kier alpha value is -1.24. The highest BCUT2D eigenvalue weighted by atomic mass is 35.5. The number of aromatic nitrogens is 2. The average Bonchev–Trinajstić information content (AvgIpc) is 2.84. The van der Waals surface area contributed by atoms with Crippen molar-refractivity contribution < 1.29 is 4.79 Å². The quantitative estimate of drug-likeness (QED) is 0.780. The number of hydrogen-bond donors (Lipinski definition) is 0. The van der Waals surface area contributed by atoms with E-state index in [4.69, 9.17) is 11.6 Å². The molecule has 0 aromatic carbocycles. The highest BCUT2D eigenvalue weighted by molar-refractivity contribution is 7.19. The molecule has 0 radical (unpaired) electrons. The van der Waals surface area contributed by atoms with Gasteiger partial charge in [0.2, 0.25) is 5.91 Å². The maximum atomic E-state index is 12.4. The normalized spacial score (nSPS) is 15.7. The van der Waals surface area contributed by atoms with Gasteiger partial charge in [-0.15, -0.1) is 11.3 Å². The summed E-state index contributed by atoms with van der Waals surface area (Å²) in [5.74, 6) is 0.153. The molecule has 3 rings (SSSR count). The van der Waals surface area contributed by atoms with E-state index in [1.807, 2.05) is 32.7 Å². The Morgan fingerprint density at radius 2 is 2.17 bits per heavy atom. The molecule has 0 fully saturated rings. The van der Waals surface area contributed by atoms with Gasteiger partial charge in [0.05, 0.1) is 11.9 Å². The van der Waals surface area contributed by atoms with Gasteiger partial charge in [-0.2, -0.15) is 0 Å². The lowest BCUT2D eigenvalue weighted by Gasteiger charge is -2.34. The van der Waals surface area contributed by atoms with Crippen LogP contribution in [0.3, 0.4) is 0 Å². The maximum absolute atomic E-state index is 12.4. The van der Waals surface area contributed by atoms with Crippen molar-refractivity contribution in [2.75, 3.05) is 20.1 Å². The predicted molar refractivity (Wildman–Crippen MR) is 93.9 cm³/mol. The Bertz CT molecular complexity index is 752. The minimum Gasteiger partial charge on any atom is -0.340 e. The Morgan fingerprint density at radius 1 is 1.43 bits per heavy atom. The lowest BCUT2D eigenvalue weighted by Crippen LogP contribution is -2.47. The fourth-order valence-electron chi connectivity index (χ4n) is 2.75. The van der Waals surface area contributed by atoms with Crippen LogP contribution in [0.15, 0.2) is 6.33 Å². The number of amides is 1. The van der Waals surface area contributed by atoms with Crippen LogP contribution in [-0.4, -0.2) is 51.4 Å². The van der Waals surface area contributed by atoms with Gasteiger partial charge in [-0.05, 0) is 32.8 Å². The number of carbonyl (C=O) groups is 1. The minimum absolute atomic E-state index is 0.153. The molecule has 0 N–H and O–H groups in total. The SMILES string of the molecule is CN(C(=O)CN1CCc2c(sc3ncnc(Cl)c23)C1)C(C)(C)C. The molecule has 0 bridgehead atoms. The number of thiophene rings is 1. The Balaban J connectivity index is 1.77. The molecule has 0 atom stereocenters. The van der Waals surface area contributed by atoms with Crippen molar-refractivity contribution >= 4 is 39.1 Å². The summed E-state index contributed by atoms with van der Waals surface area (Å²) in [4.78, 5) is 27.1. The first-order valence-corrected chi connectivity index (χ1v) is 8.86. The van der Waals surface area contributed by atoms with Crippen LogP contribution < -0.4 is 0 Å². The van der Waals surface area contributed by atoms with Crippen molar-refractivity contribution in [3.8, 4) is 0 Å². The van der Waals surface area contributed by atoms with Crippen molar-refractivity contribution in [1.29, 1.82) is 0 Å². The molecule has 1 aliphatic rings. The summed E-state index contributed by atoms with van der Waals surface area (Å²) in [6.45, 7) is 8.22. The zero-order valence-corrected chi connectivity index (χ0v) is 15.5. The van der Waals surface area contributed by atoms with E-state index in [0.29, 0.717) is 11.7 Å². The summed E-state index contributed by atoms with van der Waals surface area (Å²) in [6, 6.07) is 0. The van der Waals surface area contributed by atoms with Crippen LogP contribution in [0.5, 0.6) is 0 Å². The highest BCUT2D eigenvalue weighted by Crippen LogP contribution is 2.36. The standard InChI is InChI=1S/C16H21ClN4OS/c1-16(2,3)20(4)12(22)8-21-6-5-10-11(7-21)23-15-13(10)14(17)18-9-19-15/h9H,5-8H2,1-4H3. The lowest BCUT2D eigenvalue weighted by atomic mass is 10.0. The smallest absolute Gasteiger partial charge is 0.236 e. The topological polar surface area (TPSA) is 49.3 Å². The molecule has 0 aliphatic carbocycles. The average molecular weight is 353 g/mol. The molecule has 0 saturated heterocycles. The summed E-state index contributed by atoms with van der Waals surface area (Å²) in [6.07, 6.45) is 2.39. The van der Waals surface area contributed by atoms with Crippen LogP contribution in [0.1, 0.15) is 31.2 Å². The summed E-state index contributed by atoms with van der Waals surface area (Å²) < 4.78 is 0. The largest absolute Gasteiger partial charge is 0.340 e. The van der Waals surface area contributed by atoms with E-state index in [9.17, 15) is 4.79 Å². The van der Waals surface area contributed by atoms with E-state index >= 15 is 0 Å². The molecule has 23 heavy (non-hydrogen) atoms. The van der Waals surface area contributed by atoms with Crippen LogP contribution >= 0.6 is 22.9 Å². The third-order valence-electron chi connectivity index (χ3n) is 4.41. The lowest BCUT2D eigenvalue weighted by molar-refractivity contribution is -0.135. The fourth-order valence-corrected chi connectivity index (χ4v) is 4.28. The molecule has 2 aromatic heterocycles. The van der Waals surface area contributed by atoms with Gasteiger partial charge in [-0.3, -0.25) is 9.69 Å². The van der Waals surface area contributed by atoms with Gasteiger partial charge in [0.25, 0.3) is 0 Å². The Kier molecular flexibility index (Phi) is 4.33. The molecule has 7 heteroatoms. The summed E-state index contributed by atoms with van der Waals surface area (Å²) in [5.41, 5.74) is 1.10. The first-order chi connectivity index (χ1) is 10.8. The van der Waals surface area contributed by atoms with E-state index in [-0.39, 0.29) is 11.4 Å². The molecule has 2 aromatic rings. The summed E-state index contributed by atoms with van der Waals surface area (Å²) >= 11 is 7.89. The minimum atomic E-state index is -0.154. The summed E-state index contributed by atoms with van der Waals surface area (Å²) in [5, 5.41) is 1.52. The van der Waals surface area contributed by atoms with E-state index in [1.165, 1.54) is 16.8 Å². The van der Waals surface area contributed by atoms with Gasteiger partial charge in [-0.1, -0.05) is 11.6 Å². The van der Waals surface area contributed by atoms with Crippen molar-refractivity contribution in [3.63, 3.8) is 0 Å².